The van der Waals surface area contributed by atoms with E-state index in [2.05, 4.69) is 190 Å². The van der Waals surface area contributed by atoms with Crippen LogP contribution in [0.25, 0.3) is 123 Å². The summed E-state index contributed by atoms with van der Waals surface area (Å²) in [6.07, 6.45) is 0. The van der Waals surface area contributed by atoms with E-state index in [9.17, 15) is 0 Å². The van der Waals surface area contributed by atoms with Crippen LogP contribution >= 0.6 is 0 Å². The minimum Gasteiger partial charge on any atom is -0.452 e. The van der Waals surface area contributed by atoms with Crippen LogP contribution in [0.5, 0.6) is 11.5 Å². The third-order valence-corrected chi connectivity index (χ3v) is 15.4. The van der Waals surface area contributed by atoms with Crippen LogP contribution in [0.4, 0.5) is 17.1 Å². The molecular formula is C72H45N9O. The molecule has 0 amide bonds. The van der Waals surface area contributed by atoms with E-state index in [0.29, 0.717) is 35.1 Å². The highest BCUT2D eigenvalue weighted by molar-refractivity contribution is 6.26. The molecule has 0 atom stereocenters. The Bertz CT molecular complexity index is 4890. The van der Waals surface area contributed by atoms with Crippen molar-refractivity contribution in [1.82, 2.24) is 39.0 Å². The average molecular weight is 1050 g/mol. The van der Waals surface area contributed by atoms with Gasteiger partial charge in [-0.25, -0.2) is 19.9 Å². The predicted octanol–water partition coefficient (Wildman–Crippen LogP) is 17.8. The summed E-state index contributed by atoms with van der Waals surface area (Å²) in [5, 5.41) is 4.49. The number of para-hydroxylation sites is 6. The Kier molecular flexibility index (Phi) is 11.0. The standard InChI is InChI=1S/C72H45N9O/c1-5-21-46(22-6-1)67-73-68(47-23-7-2-8-24-47)75-69(74-67)49-39-41-53(42-40-49)80-60-36-17-18-38-63(60)82-66-54(33-20-37-62(66)80)50-27-19-28-51(45-50)71-76-70(48-25-9-3-10-26-48)77-72(78-71)81-58-34-15-13-31-55(58)56-43-44-61-64(65(56)81)57-32-14-16-35-59(57)79(61)52-29-11-4-12-30-52/h1-45H. The van der Waals surface area contributed by atoms with Crippen LogP contribution in [0.3, 0.4) is 0 Å². The van der Waals surface area contributed by atoms with Crippen molar-refractivity contribution in [3.8, 4) is 91.2 Å². The maximum Gasteiger partial charge on any atom is 0.238 e. The zero-order chi connectivity index (χ0) is 54.1. The molecule has 0 radical (unpaired) electrons. The fraction of sp³-hybridized carbons (Fsp3) is 0. The third-order valence-electron chi connectivity index (χ3n) is 15.4. The summed E-state index contributed by atoms with van der Waals surface area (Å²) in [6, 6.07) is 93.8. The van der Waals surface area contributed by atoms with Crippen molar-refractivity contribution in [1.29, 1.82) is 0 Å². The monoisotopic (exact) mass is 1050 g/mol. The van der Waals surface area contributed by atoms with Gasteiger partial charge in [-0.3, -0.25) is 4.57 Å². The van der Waals surface area contributed by atoms with E-state index in [1.807, 2.05) is 97.1 Å². The maximum atomic E-state index is 6.97. The summed E-state index contributed by atoms with van der Waals surface area (Å²) in [6.45, 7) is 0. The van der Waals surface area contributed by atoms with Crippen LogP contribution in [0.1, 0.15) is 0 Å². The first-order valence-electron chi connectivity index (χ1n) is 27.3. The number of fused-ring (bicyclic) bond motifs is 9. The van der Waals surface area contributed by atoms with Crippen LogP contribution < -0.4 is 9.64 Å². The molecule has 10 heteroatoms. The zero-order valence-corrected chi connectivity index (χ0v) is 43.9. The molecule has 0 spiro atoms. The average Bonchev–Trinajstić information content (AvgIpc) is 3.65. The van der Waals surface area contributed by atoms with Crippen LogP contribution in [0.2, 0.25) is 0 Å². The van der Waals surface area contributed by atoms with Gasteiger partial charge in [0.15, 0.2) is 40.6 Å². The van der Waals surface area contributed by atoms with E-state index < -0.39 is 0 Å². The Labute approximate surface area is 471 Å². The Morgan fingerprint density at radius 3 is 1.44 bits per heavy atom. The molecule has 10 nitrogen and oxygen atoms in total. The molecule has 4 aromatic heterocycles. The number of anilines is 3. The van der Waals surface area contributed by atoms with E-state index in [4.69, 9.17) is 34.6 Å². The van der Waals surface area contributed by atoms with E-state index in [-0.39, 0.29) is 0 Å². The summed E-state index contributed by atoms with van der Waals surface area (Å²) in [5.41, 5.74) is 14.4. The number of ether oxygens (including phenoxy) is 1. The molecule has 16 rings (SSSR count). The van der Waals surface area contributed by atoms with Gasteiger partial charge in [0.1, 0.15) is 0 Å². The molecule has 82 heavy (non-hydrogen) atoms. The van der Waals surface area contributed by atoms with Crippen LogP contribution in [0.15, 0.2) is 273 Å². The van der Waals surface area contributed by atoms with Gasteiger partial charge < -0.3 is 14.2 Å². The smallest absolute Gasteiger partial charge is 0.238 e. The molecule has 11 aromatic carbocycles. The Hall–Kier alpha value is -11.4. The van der Waals surface area contributed by atoms with Crippen molar-refractivity contribution in [2.24, 2.45) is 0 Å². The van der Waals surface area contributed by atoms with Gasteiger partial charge in [0, 0.05) is 66.3 Å². The normalized spacial score (nSPS) is 12.0. The maximum absolute atomic E-state index is 6.97. The number of hydrogen-bond acceptors (Lipinski definition) is 8. The highest BCUT2D eigenvalue weighted by Gasteiger charge is 2.29. The highest BCUT2D eigenvalue weighted by atomic mass is 16.5. The highest BCUT2D eigenvalue weighted by Crippen LogP contribution is 2.54. The van der Waals surface area contributed by atoms with E-state index >= 15 is 0 Å². The largest absolute Gasteiger partial charge is 0.452 e. The molecular weight excluding hydrogens is 1010 g/mol. The van der Waals surface area contributed by atoms with Gasteiger partial charge in [0.25, 0.3) is 0 Å². The molecule has 0 N–H and O–H groups in total. The molecule has 15 aromatic rings. The van der Waals surface area contributed by atoms with Crippen molar-refractivity contribution in [3.05, 3.63) is 273 Å². The minimum atomic E-state index is 0.520. The molecule has 1 aliphatic rings. The van der Waals surface area contributed by atoms with Gasteiger partial charge in [-0.2, -0.15) is 9.97 Å². The van der Waals surface area contributed by atoms with E-state index in [0.717, 1.165) is 117 Å². The first-order chi connectivity index (χ1) is 40.7. The van der Waals surface area contributed by atoms with Crippen molar-refractivity contribution in [3.63, 3.8) is 0 Å². The van der Waals surface area contributed by atoms with Crippen molar-refractivity contribution < 1.29 is 4.74 Å². The lowest BCUT2D eigenvalue weighted by Gasteiger charge is -2.34. The number of nitrogens with zero attached hydrogens (tertiary/aromatic N) is 9. The van der Waals surface area contributed by atoms with Crippen molar-refractivity contribution >= 4 is 60.7 Å². The van der Waals surface area contributed by atoms with Gasteiger partial charge in [0.05, 0.1) is 33.4 Å². The summed E-state index contributed by atoms with van der Waals surface area (Å²) in [7, 11) is 0. The second-order valence-electron chi connectivity index (χ2n) is 20.3. The third kappa shape index (κ3) is 7.80. The fourth-order valence-corrected chi connectivity index (χ4v) is 11.7. The summed E-state index contributed by atoms with van der Waals surface area (Å²) in [4.78, 5) is 33.3. The number of hydrogen-bond donors (Lipinski definition) is 0. The Balaban J connectivity index is 0.828. The van der Waals surface area contributed by atoms with Gasteiger partial charge in [-0.15, -0.1) is 0 Å². The zero-order valence-electron chi connectivity index (χ0n) is 43.9. The minimum absolute atomic E-state index is 0.520. The molecule has 384 valence electrons. The van der Waals surface area contributed by atoms with Crippen LogP contribution in [0, 0.1) is 0 Å². The first-order valence-corrected chi connectivity index (χ1v) is 27.3. The Morgan fingerprint density at radius 1 is 0.293 bits per heavy atom. The predicted molar refractivity (Wildman–Crippen MR) is 329 cm³/mol. The molecule has 1 aliphatic heterocycles. The second-order valence-corrected chi connectivity index (χ2v) is 20.3. The van der Waals surface area contributed by atoms with Gasteiger partial charge in [-0.05, 0) is 84.4 Å². The van der Waals surface area contributed by atoms with Crippen LogP contribution in [-0.2, 0) is 0 Å². The molecule has 0 saturated heterocycles. The van der Waals surface area contributed by atoms with Gasteiger partial charge in [-0.1, -0.05) is 194 Å². The molecule has 0 aliphatic carbocycles. The number of benzene rings is 11. The van der Waals surface area contributed by atoms with E-state index in [1.54, 1.807) is 0 Å². The lowest BCUT2D eigenvalue weighted by molar-refractivity contribution is 0.479. The van der Waals surface area contributed by atoms with Gasteiger partial charge >= 0.3 is 0 Å². The molecule has 0 bridgehead atoms. The summed E-state index contributed by atoms with van der Waals surface area (Å²) in [5.74, 6) is 4.91. The fourth-order valence-electron chi connectivity index (χ4n) is 11.7. The van der Waals surface area contributed by atoms with Gasteiger partial charge in [0.2, 0.25) is 5.95 Å². The SMILES string of the molecule is c1ccc(-c2nc(-c3ccccc3)nc(-c3ccc(N4c5ccccc5Oc5c(-c6cccc(-c7nc(-c8ccccc8)nc(-n8c9ccccc9c9ccc%10c(c%11ccccc%11n%10-c%10ccccc%10)c98)n7)c6)cccc54)cc3)n2)cc1. The second kappa shape index (κ2) is 19.2. The first kappa shape index (κ1) is 46.7. The topological polar surface area (TPSA) is 99.7 Å². The Morgan fingerprint density at radius 2 is 0.780 bits per heavy atom. The lowest BCUT2D eigenvalue weighted by Crippen LogP contribution is -2.16. The summed E-state index contributed by atoms with van der Waals surface area (Å²) < 4.78 is 11.6. The molecule has 0 fully saturated rings. The summed E-state index contributed by atoms with van der Waals surface area (Å²) >= 11 is 0. The molecule has 0 saturated carbocycles. The number of rotatable bonds is 9. The van der Waals surface area contributed by atoms with E-state index in [1.165, 1.54) is 0 Å². The molecule has 5 heterocycles. The number of aromatic nitrogens is 8. The van der Waals surface area contributed by atoms with Crippen LogP contribution in [-0.4, -0.2) is 39.0 Å². The van der Waals surface area contributed by atoms with Crippen molar-refractivity contribution in [2.45, 2.75) is 0 Å². The molecule has 0 unspecified atom stereocenters. The lowest BCUT2D eigenvalue weighted by atomic mass is 9.99. The quantitative estimate of drug-likeness (QED) is 0.141. The van der Waals surface area contributed by atoms with Crippen molar-refractivity contribution in [2.75, 3.05) is 4.90 Å².